The lowest BCUT2D eigenvalue weighted by molar-refractivity contribution is 0.250. The normalized spacial score (nSPS) is 23.1. The zero-order chi connectivity index (χ0) is 12.5. The molecule has 1 aliphatic heterocycles. The van der Waals surface area contributed by atoms with Crippen LogP contribution in [0.5, 0.6) is 0 Å². The highest BCUT2D eigenvalue weighted by molar-refractivity contribution is 7.91. The van der Waals surface area contributed by atoms with Crippen molar-refractivity contribution in [3.63, 3.8) is 0 Å². The summed E-state index contributed by atoms with van der Waals surface area (Å²) in [6.07, 6.45) is 0.694. The third-order valence-corrected chi connectivity index (χ3v) is 4.88. The molecule has 1 fully saturated rings. The number of sulfone groups is 1. The molecule has 2 heterocycles. The molecule has 94 valence electrons. The fourth-order valence-electron chi connectivity index (χ4n) is 1.94. The highest BCUT2D eigenvalue weighted by atomic mass is 35.5. The van der Waals surface area contributed by atoms with Crippen LogP contribution in [0.3, 0.4) is 0 Å². The summed E-state index contributed by atoms with van der Waals surface area (Å²) in [6, 6.07) is 3.57. The molecule has 0 radical (unpaired) electrons. The van der Waals surface area contributed by atoms with Gasteiger partial charge in [-0.2, -0.15) is 5.10 Å². The van der Waals surface area contributed by atoms with E-state index >= 15 is 0 Å². The van der Waals surface area contributed by atoms with Crippen LogP contribution in [0, 0.1) is 0 Å². The van der Waals surface area contributed by atoms with Gasteiger partial charge >= 0.3 is 0 Å². The number of hydrogen-bond acceptors (Lipinski definition) is 5. The Hall–Kier alpha value is -0.720. The van der Waals surface area contributed by atoms with Crippen molar-refractivity contribution < 1.29 is 8.42 Å². The van der Waals surface area contributed by atoms with Crippen molar-refractivity contribution in [3.05, 3.63) is 23.0 Å². The predicted octanol–water partition coefficient (Wildman–Crippen LogP) is 0.749. The average molecular weight is 276 g/mol. The Bertz CT molecular complexity index is 489. The van der Waals surface area contributed by atoms with Gasteiger partial charge in [0.2, 0.25) is 0 Å². The van der Waals surface area contributed by atoms with Crippen LogP contribution >= 0.6 is 11.6 Å². The molecular formula is C10H14ClN3O2S. The van der Waals surface area contributed by atoms with Gasteiger partial charge in [-0.15, -0.1) is 5.10 Å². The molecule has 1 unspecified atom stereocenters. The van der Waals surface area contributed by atoms with Gasteiger partial charge in [0, 0.05) is 12.6 Å². The molecule has 1 aromatic rings. The maximum atomic E-state index is 11.4. The van der Waals surface area contributed by atoms with E-state index < -0.39 is 9.84 Å². The van der Waals surface area contributed by atoms with E-state index in [1.165, 1.54) is 0 Å². The molecule has 0 amide bonds. The summed E-state index contributed by atoms with van der Waals surface area (Å²) in [5.41, 5.74) is 0.793. The summed E-state index contributed by atoms with van der Waals surface area (Å²) in [7, 11) is -0.934. The van der Waals surface area contributed by atoms with E-state index in [1.54, 1.807) is 12.1 Å². The first-order valence-corrected chi connectivity index (χ1v) is 7.55. The Kier molecular flexibility index (Phi) is 3.65. The molecule has 0 spiro atoms. The summed E-state index contributed by atoms with van der Waals surface area (Å²) in [5, 5.41) is 8.07. The van der Waals surface area contributed by atoms with Gasteiger partial charge in [-0.25, -0.2) is 8.42 Å². The third-order valence-electron chi connectivity index (χ3n) is 2.93. The summed E-state index contributed by atoms with van der Waals surface area (Å²) < 4.78 is 22.7. The molecule has 2 rings (SSSR count). The Balaban J connectivity index is 1.98. The molecule has 0 aromatic carbocycles. The monoisotopic (exact) mass is 275 g/mol. The topological polar surface area (TPSA) is 63.2 Å². The van der Waals surface area contributed by atoms with Crippen molar-refractivity contribution in [2.24, 2.45) is 0 Å². The van der Waals surface area contributed by atoms with Crippen LogP contribution in [0.25, 0.3) is 0 Å². The van der Waals surface area contributed by atoms with E-state index in [2.05, 4.69) is 10.2 Å². The van der Waals surface area contributed by atoms with E-state index in [0.29, 0.717) is 18.1 Å². The molecule has 5 nitrogen and oxygen atoms in total. The fraction of sp³-hybridized carbons (Fsp3) is 0.600. The average Bonchev–Trinajstić information content (AvgIpc) is 2.62. The first-order valence-electron chi connectivity index (χ1n) is 5.35. The lowest BCUT2D eigenvalue weighted by Gasteiger charge is -2.22. The second-order valence-electron chi connectivity index (χ2n) is 4.32. The molecule has 0 bridgehead atoms. The van der Waals surface area contributed by atoms with Gasteiger partial charge in [-0.3, -0.25) is 4.90 Å². The van der Waals surface area contributed by atoms with E-state index in [1.807, 2.05) is 11.9 Å². The van der Waals surface area contributed by atoms with Crippen LogP contribution < -0.4 is 0 Å². The largest absolute Gasteiger partial charge is 0.296 e. The molecule has 1 atom stereocenters. The molecular weight excluding hydrogens is 262 g/mol. The number of halogens is 1. The number of aromatic nitrogens is 2. The van der Waals surface area contributed by atoms with Crippen molar-refractivity contribution in [2.75, 3.05) is 18.6 Å². The van der Waals surface area contributed by atoms with E-state index in [-0.39, 0.29) is 17.5 Å². The Morgan fingerprint density at radius 2 is 2.24 bits per heavy atom. The maximum absolute atomic E-state index is 11.4. The summed E-state index contributed by atoms with van der Waals surface area (Å²) in [5.74, 6) is 0.527. The Morgan fingerprint density at radius 3 is 2.76 bits per heavy atom. The molecule has 0 aliphatic carbocycles. The summed E-state index contributed by atoms with van der Waals surface area (Å²) in [4.78, 5) is 2.00. The van der Waals surface area contributed by atoms with Crippen molar-refractivity contribution in [1.29, 1.82) is 0 Å². The fourth-order valence-corrected chi connectivity index (χ4v) is 3.84. The van der Waals surface area contributed by atoms with Gasteiger partial charge in [-0.05, 0) is 25.6 Å². The molecule has 17 heavy (non-hydrogen) atoms. The van der Waals surface area contributed by atoms with Crippen molar-refractivity contribution in [3.8, 4) is 0 Å². The number of hydrogen-bond donors (Lipinski definition) is 0. The second-order valence-corrected chi connectivity index (χ2v) is 6.94. The molecule has 1 aromatic heterocycles. The van der Waals surface area contributed by atoms with Gasteiger partial charge in [0.15, 0.2) is 15.0 Å². The van der Waals surface area contributed by atoms with Crippen molar-refractivity contribution in [1.82, 2.24) is 15.1 Å². The molecule has 7 heteroatoms. The second kappa shape index (κ2) is 4.88. The van der Waals surface area contributed by atoms with Gasteiger partial charge in [-0.1, -0.05) is 11.6 Å². The van der Waals surface area contributed by atoms with E-state index in [4.69, 9.17) is 11.6 Å². The lowest BCUT2D eigenvalue weighted by atomic mass is 10.2. The van der Waals surface area contributed by atoms with E-state index in [0.717, 1.165) is 5.69 Å². The minimum Gasteiger partial charge on any atom is -0.296 e. The zero-order valence-electron chi connectivity index (χ0n) is 9.50. The van der Waals surface area contributed by atoms with Gasteiger partial charge in [0.25, 0.3) is 0 Å². The number of nitrogens with zero attached hydrogens (tertiary/aromatic N) is 3. The molecule has 1 aliphatic rings. The van der Waals surface area contributed by atoms with Gasteiger partial charge < -0.3 is 0 Å². The van der Waals surface area contributed by atoms with Crippen LogP contribution in [-0.4, -0.2) is 48.1 Å². The number of rotatable bonds is 3. The zero-order valence-corrected chi connectivity index (χ0v) is 11.1. The lowest BCUT2D eigenvalue weighted by Crippen LogP contribution is -2.32. The van der Waals surface area contributed by atoms with Crippen LogP contribution in [-0.2, 0) is 16.4 Å². The minimum absolute atomic E-state index is 0.0810. The van der Waals surface area contributed by atoms with Crippen LogP contribution in [0.1, 0.15) is 12.1 Å². The highest BCUT2D eigenvalue weighted by Crippen LogP contribution is 2.17. The predicted molar refractivity (Wildman–Crippen MR) is 65.6 cm³/mol. The van der Waals surface area contributed by atoms with Crippen molar-refractivity contribution >= 4 is 21.4 Å². The first kappa shape index (κ1) is 12.7. The Morgan fingerprint density at radius 1 is 1.47 bits per heavy atom. The maximum Gasteiger partial charge on any atom is 0.151 e. The van der Waals surface area contributed by atoms with Gasteiger partial charge in [0.05, 0.1) is 17.2 Å². The highest BCUT2D eigenvalue weighted by Gasteiger charge is 2.30. The molecule has 0 N–H and O–H groups in total. The summed E-state index contributed by atoms with van der Waals surface area (Å²) >= 11 is 5.65. The third kappa shape index (κ3) is 3.37. The molecule has 1 saturated heterocycles. The van der Waals surface area contributed by atoms with Crippen LogP contribution in [0.2, 0.25) is 5.15 Å². The van der Waals surface area contributed by atoms with Crippen LogP contribution in [0.4, 0.5) is 0 Å². The smallest absolute Gasteiger partial charge is 0.151 e. The van der Waals surface area contributed by atoms with Crippen molar-refractivity contribution in [2.45, 2.75) is 19.0 Å². The standard InChI is InChI=1S/C10H14ClN3O2S/c1-14(9-4-5-17(15,16)7-9)6-8-2-3-10(11)13-12-8/h2-3,9H,4-7H2,1H3. The van der Waals surface area contributed by atoms with Crippen LogP contribution in [0.15, 0.2) is 12.1 Å². The minimum atomic E-state index is -2.84. The quantitative estimate of drug-likeness (QED) is 0.815. The summed E-state index contributed by atoms with van der Waals surface area (Å²) in [6.45, 7) is 0.588. The van der Waals surface area contributed by atoms with E-state index in [9.17, 15) is 8.42 Å². The Labute approximate surface area is 106 Å². The van der Waals surface area contributed by atoms with Gasteiger partial charge in [0.1, 0.15) is 0 Å². The molecule has 0 saturated carbocycles. The SMILES string of the molecule is CN(Cc1ccc(Cl)nn1)C1CCS(=O)(=O)C1. The first-order chi connectivity index (χ1) is 7.96.